The van der Waals surface area contributed by atoms with Gasteiger partial charge in [0.05, 0.1) is 0 Å². The Kier molecular flexibility index (Phi) is 11.5. The van der Waals surface area contributed by atoms with Crippen LogP contribution in [-0.2, 0) is 22.4 Å². The van der Waals surface area contributed by atoms with Crippen molar-refractivity contribution in [3.05, 3.63) is 47.0 Å². The van der Waals surface area contributed by atoms with Gasteiger partial charge in [0, 0.05) is 19.0 Å². The lowest BCUT2D eigenvalue weighted by Crippen LogP contribution is -2.32. The smallest absolute Gasteiger partial charge is 0.303 e. The number of aryl methyl sites for hydroxylation is 2. The van der Waals surface area contributed by atoms with E-state index in [9.17, 15) is 4.79 Å². The van der Waals surface area contributed by atoms with E-state index in [-0.39, 0.29) is 24.5 Å². The second kappa shape index (κ2) is 13.9. The van der Waals surface area contributed by atoms with E-state index < -0.39 is 0 Å². The molecule has 3 nitrogen and oxygen atoms in total. The van der Waals surface area contributed by atoms with Gasteiger partial charge in [0.25, 0.3) is 0 Å². The topological polar surface area (TPSA) is 29.5 Å². The Balaban J connectivity index is 0.00000363. The summed E-state index contributed by atoms with van der Waals surface area (Å²) in [7, 11) is 0. The van der Waals surface area contributed by atoms with E-state index in [2.05, 4.69) is 49.1 Å². The highest BCUT2D eigenvalue weighted by molar-refractivity contribution is 5.90. The minimum absolute atomic E-state index is 0. The third-order valence-electron chi connectivity index (χ3n) is 6.64. The molecule has 0 amide bonds. The lowest BCUT2D eigenvalue weighted by molar-refractivity contribution is -0.147. The molecule has 4 heteroatoms. The van der Waals surface area contributed by atoms with E-state index in [0.717, 1.165) is 32.5 Å². The zero-order valence-corrected chi connectivity index (χ0v) is 21.1. The van der Waals surface area contributed by atoms with Crippen LogP contribution in [0.3, 0.4) is 0 Å². The quantitative estimate of drug-likeness (QED) is 0.244. The Morgan fingerprint density at radius 3 is 2.22 bits per heavy atom. The number of nitrogens with zero attached hydrogens (tertiary/aromatic N) is 1. The Morgan fingerprint density at radius 1 is 0.969 bits per heavy atom. The van der Waals surface area contributed by atoms with Gasteiger partial charge in [-0.05, 0) is 73.5 Å². The number of hydrogen-bond acceptors (Lipinski definition) is 3. The van der Waals surface area contributed by atoms with Crippen molar-refractivity contribution in [3.8, 4) is 0 Å². The Bertz CT molecular complexity index is 841. The van der Waals surface area contributed by atoms with Gasteiger partial charge in [-0.25, -0.2) is 0 Å². The number of fused-ring (bicyclic) bond motifs is 3. The van der Waals surface area contributed by atoms with Crippen molar-refractivity contribution >= 4 is 29.1 Å². The minimum atomic E-state index is -0.210. The molecule has 0 aromatic heterocycles. The molecule has 0 bridgehead atoms. The Morgan fingerprint density at radius 2 is 1.59 bits per heavy atom. The summed E-state index contributed by atoms with van der Waals surface area (Å²) in [4.78, 5) is 14.6. The number of unbranched alkanes of at least 4 members (excludes halogenated alkanes) is 4. The van der Waals surface area contributed by atoms with E-state index >= 15 is 0 Å². The van der Waals surface area contributed by atoms with E-state index in [1.54, 1.807) is 6.92 Å². The molecule has 0 saturated carbocycles. The van der Waals surface area contributed by atoms with Crippen LogP contribution < -0.4 is 0 Å². The number of esters is 1. The summed E-state index contributed by atoms with van der Waals surface area (Å²) in [6.07, 6.45) is 12.0. The largest absolute Gasteiger partial charge is 0.456 e. The van der Waals surface area contributed by atoms with Crippen molar-refractivity contribution in [2.45, 2.75) is 91.1 Å². The van der Waals surface area contributed by atoms with Gasteiger partial charge in [-0.2, -0.15) is 0 Å². The molecule has 2 aromatic rings. The molecule has 0 radical (unpaired) electrons. The van der Waals surface area contributed by atoms with Crippen LogP contribution in [0.15, 0.2) is 30.3 Å². The summed E-state index contributed by atoms with van der Waals surface area (Å²) < 4.78 is 6.00. The molecule has 1 aliphatic rings. The summed E-state index contributed by atoms with van der Waals surface area (Å²) in [5, 5.41) is 2.62. The van der Waals surface area contributed by atoms with Crippen LogP contribution in [0.2, 0.25) is 0 Å². The molecule has 0 heterocycles. The first-order valence-electron chi connectivity index (χ1n) is 12.6. The summed E-state index contributed by atoms with van der Waals surface area (Å²) >= 11 is 0. The van der Waals surface area contributed by atoms with Gasteiger partial charge in [-0.15, -0.1) is 12.4 Å². The highest BCUT2D eigenvalue weighted by Crippen LogP contribution is 2.35. The van der Waals surface area contributed by atoms with Crippen LogP contribution in [-0.4, -0.2) is 30.5 Å². The first-order valence-corrected chi connectivity index (χ1v) is 12.6. The first-order chi connectivity index (χ1) is 15.1. The molecule has 0 N–H and O–H groups in total. The zero-order valence-electron chi connectivity index (χ0n) is 20.3. The number of hydrogen-bond donors (Lipinski definition) is 0. The third-order valence-corrected chi connectivity index (χ3v) is 6.64. The molecule has 0 fully saturated rings. The molecule has 1 aliphatic carbocycles. The molecule has 0 spiro atoms. The van der Waals surface area contributed by atoms with Gasteiger partial charge in [0.2, 0.25) is 0 Å². The van der Waals surface area contributed by atoms with Crippen LogP contribution in [0.1, 0.15) is 94.9 Å². The average molecular weight is 460 g/mol. The van der Waals surface area contributed by atoms with Crippen molar-refractivity contribution in [1.82, 2.24) is 4.90 Å². The SMILES string of the molecule is CCCCCN(CCCCC)CC(OC(C)=O)c1cc2c(c3ccccc13)CCCC2.Cl. The Labute approximate surface area is 201 Å². The fraction of sp³-hybridized carbons (Fsp3) is 0.607. The predicted octanol–water partition coefficient (Wildman–Crippen LogP) is 7.43. The maximum absolute atomic E-state index is 12.1. The molecule has 178 valence electrons. The number of halogens is 1. The Hall–Kier alpha value is -1.58. The van der Waals surface area contributed by atoms with Gasteiger partial charge in [-0.1, -0.05) is 69.9 Å². The molecular weight excluding hydrogens is 418 g/mol. The van der Waals surface area contributed by atoms with Gasteiger partial charge in [0.15, 0.2) is 0 Å². The molecule has 1 atom stereocenters. The average Bonchev–Trinajstić information content (AvgIpc) is 2.78. The van der Waals surface area contributed by atoms with Gasteiger partial charge in [-0.3, -0.25) is 9.69 Å². The maximum atomic E-state index is 12.1. The molecule has 2 aromatic carbocycles. The van der Waals surface area contributed by atoms with Gasteiger partial charge < -0.3 is 4.74 Å². The monoisotopic (exact) mass is 459 g/mol. The zero-order chi connectivity index (χ0) is 22.1. The molecule has 1 unspecified atom stereocenters. The van der Waals surface area contributed by atoms with Crippen molar-refractivity contribution in [2.24, 2.45) is 0 Å². The summed E-state index contributed by atoms with van der Waals surface area (Å²) in [6.45, 7) is 9.00. The maximum Gasteiger partial charge on any atom is 0.303 e. The molecule has 3 rings (SSSR count). The highest BCUT2D eigenvalue weighted by atomic mass is 35.5. The number of carbonyl (C=O) groups excluding carboxylic acids is 1. The van der Waals surface area contributed by atoms with Gasteiger partial charge >= 0.3 is 5.97 Å². The third kappa shape index (κ3) is 7.22. The van der Waals surface area contributed by atoms with Crippen LogP contribution in [0.25, 0.3) is 10.8 Å². The highest BCUT2D eigenvalue weighted by Gasteiger charge is 2.24. The van der Waals surface area contributed by atoms with E-state index in [4.69, 9.17) is 4.74 Å². The van der Waals surface area contributed by atoms with Crippen LogP contribution >= 0.6 is 12.4 Å². The number of ether oxygens (including phenoxy) is 1. The van der Waals surface area contributed by atoms with Crippen molar-refractivity contribution in [3.63, 3.8) is 0 Å². The summed E-state index contributed by atoms with van der Waals surface area (Å²) in [5.74, 6) is -0.186. The molecular formula is C28H42ClNO2. The van der Waals surface area contributed by atoms with Gasteiger partial charge in [0.1, 0.15) is 6.10 Å². The normalized spacial score (nSPS) is 14.1. The molecule has 32 heavy (non-hydrogen) atoms. The molecule has 0 aliphatic heterocycles. The minimum Gasteiger partial charge on any atom is -0.456 e. The second-order valence-corrected chi connectivity index (χ2v) is 9.17. The molecule has 0 saturated heterocycles. The van der Waals surface area contributed by atoms with Crippen LogP contribution in [0, 0.1) is 0 Å². The summed E-state index contributed by atoms with van der Waals surface area (Å²) in [5.41, 5.74) is 4.16. The predicted molar refractivity (Wildman–Crippen MR) is 138 cm³/mol. The second-order valence-electron chi connectivity index (χ2n) is 9.17. The van der Waals surface area contributed by atoms with E-state index in [1.807, 2.05) is 0 Å². The van der Waals surface area contributed by atoms with Crippen LogP contribution in [0.4, 0.5) is 0 Å². The first kappa shape index (κ1) is 26.7. The van der Waals surface area contributed by atoms with E-state index in [1.165, 1.54) is 78.8 Å². The lowest BCUT2D eigenvalue weighted by atomic mass is 9.84. The van der Waals surface area contributed by atoms with E-state index in [0.29, 0.717) is 0 Å². The summed E-state index contributed by atoms with van der Waals surface area (Å²) in [6, 6.07) is 11.1. The van der Waals surface area contributed by atoms with Crippen LogP contribution in [0.5, 0.6) is 0 Å². The standard InChI is InChI=1S/C28H41NO2.ClH/c1-4-6-12-18-29(19-13-7-5-2)21-28(31-22(3)30)27-20-23-14-8-9-15-24(23)25-16-10-11-17-26(25)27;/h10-11,16-17,20,28H,4-9,12-15,18-19,21H2,1-3H3;1H. The lowest BCUT2D eigenvalue weighted by Gasteiger charge is -2.30. The van der Waals surface area contributed by atoms with Crippen molar-refractivity contribution < 1.29 is 9.53 Å². The number of rotatable bonds is 12. The number of benzene rings is 2. The fourth-order valence-corrected chi connectivity index (χ4v) is 5.02. The van der Waals surface area contributed by atoms with Crippen molar-refractivity contribution in [1.29, 1.82) is 0 Å². The fourth-order valence-electron chi connectivity index (χ4n) is 5.02. The van der Waals surface area contributed by atoms with Crippen molar-refractivity contribution in [2.75, 3.05) is 19.6 Å². The number of carbonyl (C=O) groups is 1.